The molecule has 1 atom stereocenters. The smallest absolute Gasteiger partial charge is 0.376 e. The highest BCUT2D eigenvalue weighted by Gasteiger charge is 2.38. The van der Waals surface area contributed by atoms with Crippen LogP contribution in [0.4, 0.5) is 17.6 Å². The summed E-state index contributed by atoms with van der Waals surface area (Å²) in [5.41, 5.74) is 0.0981. The molecule has 1 aliphatic rings. The molecule has 2 rings (SSSR count). The summed E-state index contributed by atoms with van der Waals surface area (Å²) >= 11 is 0. The molecule has 1 aliphatic carbocycles. The first-order valence-corrected chi connectivity index (χ1v) is 8.62. The maximum absolute atomic E-state index is 14.0. The van der Waals surface area contributed by atoms with Gasteiger partial charge in [0.25, 0.3) is 0 Å². The average Bonchev–Trinajstić information content (AvgIpc) is 3.35. The Hall–Kier alpha value is -1.78. The number of nitrogens with one attached hydrogen (secondary N) is 1. The molecule has 0 bridgehead atoms. The third-order valence-corrected chi connectivity index (χ3v) is 4.79. The lowest BCUT2D eigenvalue weighted by molar-refractivity contribution is -0.137. The summed E-state index contributed by atoms with van der Waals surface area (Å²) in [6.45, 7) is 9.71. The molecular formula is C20H25F4N. The van der Waals surface area contributed by atoms with Crippen molar-refractivity contribution < 1.29 is 17.6 Å². The molecular weight excluding hydrogens is 330 g/mol. The fraction of sp³-hybridized carbons (Fsp3) is 0.500. The van der Waals surface area contributed by atoms with Crippen molar-refractivity contribution in [2.24, 2.45) is 5.92 Å². The van der Waals surface area contributed by atoms with Gasteiger partial charge in [-0.05, 0) is 68.4 Å². The third-order valence-electron chi connectivity index (χ3n) is 4.79. The van der Waals surface area contributed by atoms with Gasteiger partial charge in [0, 0.05) is 5.70 Å². The molecule has 1 aromatic rings. The Balaban J connectivity index is 2.54. The van der Waals surface area contributed by atoms with Gasteiger partial charge >= 0.3 is 6.18 Å². The highest BCUT2D eigenvalue weighted by molar-refractivity contribution is 5.40. The standard InChI is InChI=1S/C20H25F4N/c1-5-7-15(6-2)19(4,25-13(3)14-8-9-14)16-10-17(20(22,23)24)12-18(21)11-16/h6,10-12,14,25H,3,5,7-9H2,1-2,4H3/b15-6+/t19-/m0/s1. The lowest BCUT2D eigenvalue weighted by Gasteiger charge is -2.37. The van der Waals surface area contributed by atoms with E-state index in [1.807, 2.05) is 19.9 Å². The van der Waals surface area contributed by atoms with Crippen molar-refractivity contribution in [1.82, 2.24) is 5.32 Å². The van der Waals surface area contributed by atoms with E-state index in [2.05, 4.69) is 11.9 Å². The molecule has 1 N–H and O–H groups in total. The zero-order chi connectivity index (χ0) is 18.8. The van der Waals surface area contributed by atoms with Crippen LogP contribution in [0.2, 0.25) is 0 Å². The van der Waals surface area contributed by atoms with Crippen molar-refractivity contribution in [3.8, 4) is 0 Å². The molecule has 138 valence electrons. The quantitative estimate of drug-likeness (QED) is 0.446. The number of alkyl halides is 3. The molecule has 0 amide bonds. The normalized spacial score (nSPS) is 18.0. The molecule has 0 aliphatic heterocycles. The van der Waals surface area contributed by atoms with Crippen molar-refractivity contribution in [1.29, 1.82) is 0 Å². The van der Waals surface area contributed by atoms with Crippen LogP contribution in [0.5, 0.6) is 0 Å². The van der Waals surface area contributed by atoms with E-state index in [0.29, 0.717) is 18.4 Å². The second kappa shape index (κ2) is 7.22. The van der Waals surface area contributed by atoms with Gasteiger partial charge in [0.05, 0.1) is 11.1 Å². The summed E-state index contributed by atoms with van der Waals surface area (Å²) < 4.78 is 53.4. The molecule has 25 heavy (non-hydrogen) atoms. The molecule has 1 nitrogen and oxygen atoms in total. The molecule has 0 radical (unpaired) electrons. The van der Waals surface area contributed by atoms with E-state index in [1.54, 1.807) is 6.92 Å². The summed E-state index contributed by atoms with van der Waals surface area (Å²) in [7, 11) is 0. The zero-order valence-electron chi connectivity index (χ0n) is 14.9. The van der Waals surface area contributed by atoms with Crippen molar-refractivity contribution in [2.75, 3.05) is 0 Å². The van der Waals surface area contributed by atoms with E-state index in [-0.39, 0.29) is 5.56 Å². The second-order valence-electron chi connectivity index (χ2n) is 6.84. The van der Waals surface area contributed by atoms with Crippen molar-refractivity contribution in [2.45, 2.75) is 58.2 Å². The number of hydrogen-bond acceptors (Lipinski definition) is 1. The Morgan fingerprint density at radius 1 is 1.24 bits per heavy atom. The maximum Gasteiger partial charge on any atom is 0.416 e. The van der Waals surface area contributed by atoms with Gasteiger partial charge in [-0.2, -0.15) is 13.2 Å². The fourth-order valence-corrected chi connectivity index (χ4v) is 3.19. The van der Waals surface area contributed by atoms with Gasteiger partial charge in [-0.3, -0.25) is 0 Å². The van der Waals surface area contributed by atoms with Gasteiger partial charge in [0.1, 0.15) is 5.82 Å². The number of hydrogen-bond donors (Lipinski definition) is 1. The monoisotopic (exact) mass is 355 g/mol. The van der Waals surface area contributed by atoms with Crippen LogP contribution in [-0.2, 0) is 11.7 Å². The van der Waals surface area contributed by atoms with Crippen LogP contribution < -0.4 is 5.32 Å². The Labute approximate surface area is 146 Å². The zero-order valence-corrected chi connectivity index (χ0v) is 14.9. The first-order valence-electron chi connectivity index (χ1n) is 8.62. The van der Waals surface area contributed by atoms with Crippen molar-refractivity contribution in [3.05, 3.63) is 59.1 Å². The van der Waals surface area contributed by atoms with E-state index in [4.69, 9.17) is 0 Å². The van der Waals surface area contributed by atoms with Crippen molar-refractivity contribution in [3.63, 3.8) is 0 Å². The fourth-order valence-electron chi connectivity index (χ4n) is 3.19. The minimum absolute atomic E-state index is 0.267. The van der Waals surface area contributed by atoms with Crippen molar-refractivity contribution >= 4 is 0 Å². The van der Waals surface area contributed by atoms with Crippen LogP contribution in [0.1, 0.15) is 57.6 Å². The predicted molar refractivity (Wildman–Crippen MR) is 92.4 cm³/mol. The topological polar surface area (TPSA) is 12.0 Å². The molecule has 0 spiro atoms. The first kappa shape index (κ1) is 19.5. The third kappa shape index (κ3) is 4.44. The van der Waals surface area contributed by atoms with Gasteiger partial charge in [0.2, 0.25) is 0 Å². The molecule has 0 unspecified atom stereocenters. The SMILES string of the molecule is C=C(N[C@@](C)(/C(=C/C)CCC)c1cc(F)cc(C(F)(F)F)c1)C1CC1. The van der Waals surface area contributed by atoms with Gasteiger partial charge < -0.3 is 5.32 Å². The minimum Gasteiger partial charge on any atom is -0.376 e. The van der Waals surface area contributed by atoms with E-state index in [9.17, 15) is 17.6 Å². The molecule has 1 fully saturated rings. The number of rotatable bonds is 7. The van der Waals surface area contributed by atoms with Gasteiger partial charge in [-0.1, -0.05) is 26.0 Å². The van der Waals surface area contributed by atoms with E-state index < -0.39 is 23.1 Å². The molecule has 0 saturated heterocycles. The highest BCUT2D eigenvalue weighted by atomic mass is 19.4. The number of allylic oxidation sites excluding steroid dienone is 2. The van der Waals surface area contributed by atoms with Gasteiger partial charge in [0.15, 0.2) is 0 Å². The first-order chi connectivity index (χ1) is 11.6. The summed E-state index contributed by atoms with van der Waals surface area (Å²) in [6, 6.07) is 2.76. The van der Waals surface area contributed by atoms with Crippen LogP contribution in [0, 0.1) is 11.7 Å². The van der Waals surface area contributed by atoms with E-state index >= 15 is 0 Å². The lowest BCUT2D eigenvalue weighted by atomic mass is 9.80. The summed E-state index contributed by atoms with van der Waals surface area (Å²) in [5, 5.41) is 3.32. The van der Waals surface area contributed by atoms with E-state index in [1.165, 1.54) is 6.07 Å². The minimum atomic E-state index is -4.59. The largest absolute Gasteiger partial charge is 0.416 e. The molecule has 1 saturated carbocycles. The van der Waals surface area contributed by atoms with Crippen LogP contribution in [0.15, 0.2) is 42.1 Å². The van der Waals surface area contributed by atoms with Crippen LogP contribution in [0.3, 0.4) is 0 Å². The second-order valence-corrected chi connectivity index (χ2v) is 6.84. The lowest BCUT2D eigenvalue weighted by Crippen LogP contribution is -2.41. The number of benzene rings is 1. The summed E-state index contributed by atoms with van der Waals surface area (Å²) in [4.78, 5) is 0. The van der Waals surface area contributed by atoms with Crippen LogP contribution in [0.25, 0.3) is 0 Å². The molecule has 1 aromatic carbocycles. The summed E-state index contributed by atoms with van der Waals surface area (Å²) in [6.07, 6.45) is 0.903. The molecule has 5 heteroatoms. The van der Waals surface area contributed by atoms with E-state index in [0.717, 1.165) is 36.6 Å². The Morgan fingerprint density at radius 3 is 2.32 bits per heavy atom. The number of halogens is 4. The Morgan fingerprint density at radius 2 is 1.84 bits per heavy atom. The average molecular weight is 355 g/mol. The molecule has 0 heterocycles. The predicted octanol–water partition coefficient (Wildman–Crippen LogP) is 6.32. The van der Waals surface area contributed by atoms with Crippen LogP contribution in [-0.4, -0.2) is 0 Å². The summed E-state index contributed by atoms with van der Waals surface area (Å²) in [5.74, 6) is -0.545. The van der Waals surface area contributed by atoms with Crippen LogP contribution >= 0.6 is 0 Å². The van der Waals surface area contributed by atoms with Gasteiger partial charge in [-0.25, -0.2) is 4.39 Å². The highest BCUT2D eigenvalue weighted by Crippen LogP contribution is 2.41. The van der Waals surface area contributed by atoms with Gasteiger partial charge in [-0.15, -0.1) is 0 Å². The molecule has 0 aromatic heterocycles. The Kier molecular flexibility index (Phi) is 5.65. The maximum atomic E-state index is 14.0. The Bertz CT molecular complexity index is 671.